The predicted octanol–water partition coefficient (Wildman–Crippen LogP) is 2.46. The SMILES string of the molecule is CNC(=O)[C@H]([C@@H](C)O)N(CCCc1ccccc1)S(=O)(=O)c1ccc(Cl)cc1. The van der Waals surface area contributed by atoms with E-state index in [9.17, 15) is 18.3 Å². The zero-order valence-corrected chi connectivity index (χ0v) is 17.4. The van der Waals surface area contributed by atoms with E-state index in [0.717, 1.165) is 9.87 Å². The number of likely N-dealkylation sites (N-methyl/N-ethyl adjacent to an activating group) is 1. The van der Waals surface area contributed by atoms with Crippen LogP contribution in [0.1, 0.15) is 18.9 Å². The number of aliphatic hydroxyl groups is 1. The van der Waals surface area contributed by atoms with Crippen molar-refractivity contribution in [2.45, 2.75) is 36.8 Å². The van der Waals surface area contributed by atoms with Gasteiger partial charge in [-0.05, 0) is 49.6 Å². The number of carbonyl (C=O) groups is 1. The first-order chi connectivity index (χ1) is 13.3. The van der Waals surface area contributed by atoms with Gasteiger partial charge in [0.25, 0.3) is 0 Å². The van der Waals surface area contributed by atoms with Crippen LogP contribution < -0.4 is 5.32 Å². The lowest BCUT2D eigenvalue weighted by molar-refractivity contribution is -0.127. The Morgan fingerprint density at radius 2 is 1.75 bits per heavy atom. The van der Waals surface area contributed by atoms with Gasteiger partial charge >= 0.3 is 0 Å². The van der Waals surface area contributed by atoms with E-state index < -0.39 is 28.1 Å². The van der Waals surface area contributed by atoms with Crippen LogP contribution in [0.15, 0.2) is 59.5 Å². The number of amides is 1. The molecule has 0 aromatic heterocycles. The van der Waals surface area contributed by atoms with Crippen molar-refractivity contribution in [1.82, 2.24) is 9.62 Å². The molecule has 0 radical (unpaired) electrons. The molecule has 152 valence electrons. The summed E-state index contributed by atoms with van der Waals surface area (Å²) in [5, 5.41) is 13.0. The van der Waals surface area contributed by atoms with E-state index in [1.165, 1.54) is 38.2 Å². The average molecular weight is 425 g/mol. The van der Waals surface area contributed by atoms with Crippen LogP contribution in [0.3, 0.4) is 0 Å². The summed E-state index contributed by atoms with van der Waals surface area (Å²) < 4.78 is 27.6. The third kappa shape index (κ3) is 5.54. The Labute approximate surface area is 171 Å². The highest BCUT2D eigenvalue weighted by molar-refractivity contribution is 7.89. The van der Waals surface area contributed by atoms with Gasteiger partial charge in [0.2, 0.25) is 15.9 Å². The summed E-state index contributed by atoms with van der Waals surface area (Å²) in [6, 6.07) is 14.2. The van der Waals surface area contributed by atoms with E-state index in [1.807, 2.05) is 30.3 Å². The van der Waals surface area contributed by atoms with Crippen LogP contribution in [-0.2, 0) is 21.2 Å². The number of rotatable bonds is 9. The molecule has 2 atom stereocenters. The van der Waals surface area contributed by atoms with Crippen LogP contribution in [0.2, 0.25) is 5.02 Å². The van der Waals surface area contributed by atoms with Gasteiger partial charge in [-0.1, -0.05) is 41.9 Å². The van der Waals surface area contributed by atoms with Crippen molar-refractivity contribution in [3.05, 3.63) is 65.2 Å². The normalized spacial score (nSPS) is 13.9. The fourth-order valence-corrected chi connectivity index (χ4v) is 4.79. The quantitative estimate of drug-likeness (QED) is 0.647. The summed E-state index contributed by atoms with van der Waals surface area (Å²) in [7, 11) is -2.61. The van der Waals surface area contributed by atoms with Crippen molar-refractivity contribution in [3.63, 3.8) is 0 Å². The average Bonchev–Trinajstić information content (AvgIpc) is 2.67. The largest absolute Gasteiger partial charge is 0.391 e. The summed E-state index contributed by atoms with van der Waals surface area (Å²) >= 11 is 5.87. The molecule has 2 aromatic carbocycles. The Kier molecular flexibility index (Phi) is 8.00. The smallest absolute Gasteiger partial charge is 0.243 e. The molecule has 0 bridgehead atoms. The van der Waals surface area contributed by atoms with E-state index in [-0.39, 0.29) is 11.4 Å². The molecule has 2 rings (SSSR count). The predicted molar refractivity (Wildman–Crippen MR) is 110 cm³/mol. The monoisotopic (exact) mass is 424 g/mol. The van der Waals surface area contributed by atoms with Gasteiger partial charge in [-0.15, -0.1) is 0 Å². The second-order valence-corrected chi connectivity index (χ2v) is 8.79. The van der Waals surface area contributed by atoms with E-state index in [2.05, 4.69) is 5.32 Å². The molecular formula is C20H25ClN2O4S. The Hall–Kier alpha value is -1.93. The standard InChI is InChI=1S/C20H25ClN2O4S/c1-15(24)19(20(25)22-2)23(14-6-9-16-7-4-3-5-8-16)28(26,27)18-12-10-17(21)11-13-18/h3-5,7-8,10-13,15,19,24H,6,9,14H2,1-2H3,(H,22,25)/t15-,19+/m1/s1. The van der Waals surface area contributed by atoms with Gasteiger partial charge in [0, 0.05) is 18.6 Å². The number of benzene rings is 2. The summed E-state index contributed by atoms with van der Waals surface area (Å²) in [5.41, 5.74) is 1.07. The minimum atomic E-state index is -4.02. The molecule has 0 aliphatic rings. The van der Waals surface area contributed by atoms with E-state index >= 15 is 0 Å². The molecule has 0 aliphatic heterocycles. The lowest BCUT2D eigenvalue weighted by Crippen LogP contribution is -2.54. The van der Waals surface area contributed by atoms with Crippen molar-refractivity contribution < 1.29 is 18.3 Å². The number of nitrogens with one attached hydrogen (secondary N) is 1. The van der Waals surface area contributed by atoms with Crippen molar-refractivity contribution in [2.75, 3.05) is 13.6 Å². The fourth-order valence-electron chi connectivity index (χ4n) is 2.97. The Morgan fingerprint density at radius 3 is 2.29 bits per heavy atom. The summed E-state index contributed by atoms with van der Waals surface area (Å²) in [6.07, 6.45) is -0.0381. The summed E-state index contributed by atoms with van der Waals surface area (Å²) in [5.74, 6) is -0.563. The van der Waals surface area contributed by atoms with Crippen LogP contribution in [0.5, 0.6) is 0 Å². The number of sulfonamides is 1. The molecule has 28 heavy (non-hydrogen) atoms. The molecule has 0 heterocycles. The summed E-state index contributed by atoms with van der Waals surface area (Å²) in [6.45, 7) is 1.49. The van der Waals surface area contributed by atoms with Crippen LogP contribution in [0.25, 0.3) is 0 Å². The van der Waals surface area contributed by atoms with Gasteiger partial charge < -0.3 is 10.4 Å². The maximum Gasteiger partial charge on any atom is 0.243 e. The number of hydrogen-bond donors (Lipinski definition) is 2. The number of hydrogen-bond acceptors (Lipinski definition) is 4. The Morgan fingerprint density at radius 1 is 1.14 bits per heavy atom. The summed E-state index contributed by atoms with van der Waals surface area (Å²) in [4.78, 5) is 12.4. The highest BCUT2D eigenvalue weighted by Crippen LogP contribution is 2.23. The van der Waals surface area contributed by atoms with Gasteiger partial charge in [0.05, 0.1) is 11.0 Å². The molecule has 0 fully saturated rings. The first-order valence-electron chi connectivity index (χ1n) is 8.98. The lowest BCUT2D eigenvalue weighted by Gasteiger charge is -2.31. The number of aliphatic hydroxyl groups excluding tert-OH is 1. The van der Waals surface area contributed by atoms with Gasteiger partial charge in [-0.3, -0.25) is 4.79 Å². The van der Waals surface area contributed by atoms with Crippen molar-refractivity contribution in [3.8, 4) is 0 Å². The number of halogens is 1. The fraction of sp³-hybridized carbons (Fsp3) is 0.350. The van der Waals surface area contributed by atoms with Crippen molar-refractivity contribution in [2.24, 2.45) is 0 Å². The van der Waals surface area contributed by atoms with E-state index in [4.69, 9.17) is 11.6 Å². The van der Waals surface area contributed by atoms with Crippen molar-refractivity contribution >= 4 is 27.5 Å². The molecule has 0 unspecified atom stereocenters. The molecule has 6 nitrogen and oxygen atoms in total. The molecule has 0 aliphatic carbocycles. The zero-order chi connectivity index (χ0) is 20.7. The van der Waals surface area contributed by atoms with Gasteiger partial charge in [0.15, 0.2) is 0 Å². The lowest BCUT2D eigenvalue weighted by atomic mass is 10.1. The highest BCUT2D eigenvalue weighted by Gasteiger charge is 2.38. The Bertz CT molecular complexity index is 871. The minimum absolute atomic E-state index is 0.0196. The van der Waals surface area contributed by atoms with Crippen LogP contribution in [-0.4, -0.2) is 49.5 Å². The maximum atomic E-state index is 13.2. The zero-order valence-electron chi connectivity index (χ0n) is 15.9. The van der Waals surface area contributed by atoms with Gasteiger partial charge in [-0.25, -0.2) is 8.42 Å². The molecule has 0 saturated heterocycles. The third-order valence-corrected chi connectivity index (χ3v) is 6.54. The highest BCUT2D eigenvalue weighted by atomic mass is 35.5. The molecule has 0 saturated carbocycles. The molecule has 8 heteroatoms. The second-order valence-electron chi connectivity index (χ2n) is 6.46. The van der Waals surface area contributed by atoms with E-state index in [1.54, 1.807) is 0 Å². The third-order valence-electron chi connectivity index (χ3n) is 4.39. The maximum absolute atomic E-state index is 13.2. The first-order valence-corrected chi connectivity index (χ1v) is 10.8. The molecule has 2 aromatic rings. The molecule has 2 N–H and O–H groups in total. The first kappa shape index (κ1) is 22.4. The molecule has 0 spiro atoms. The topological polar surface area (TPSA) is 86.7 Å². The van der Waals surface area contributed by atoms with Gasteiger partial charge in [-0.2, -0.15) is 4.31 Å². The molecule has 1 amide bonds. The van der Waals surface area contributed by atoms with Crippen molar-refractivity contribution in [1.29, 1.82) is 0 Å². The van der Waals surface area contributed by atoms with Gasteiger partial charge in [0.1, 0.15) is 6.04 Å². The van der Waals surface area contributed by atoms with E-state index in [0.29, 0.717) is 17.9 Å². The number of nitrogens with zero attached hydrogens (tertiary/aromatic N) is 1. The van der Waals surface area contributed by atoms with Crippen LogP contribution in [0.4, 0.5) is 0 Å². The minimum Gasteiger partial charge on any atom is -0.391 e. The molecular weight excluding hydrogens is 400 g/mol. The number of carbonyl (C=O) groups excluding carboxylic acids is 1. The Balaban J connectivity index is 2.33. The van der Waals surface area contributed by atoms with Crippen LogP contribution in [0, 0.1) is 0 Å². The number of aryl methyl sites for hydroxylation is 1. The van der Waals surface area contributed by atoms with Crippen LogP contribution >= 0.6 is 11.6 Å². The second kappa shape index (κ2) is 10.0.